The van der Waals surface area contributed by atoms with E-state index in [1.165, 1.54) is 23.9 Å². The molecule has 0 N–H and O–H groups in total. The highest BCUT2D eigenvalue weighted by Crippen LogP contribution is 2.26. The number of aryl methyl sites for hydroxylation is 1. The Morgan fingerprint density at radius 1 is 1.15 bits per heavy atom. The average Bonchev–Trinajstić information content (AvgIpc) is 3.24. The summed E-state index contributed by atoms with van der Waals surface area (Å²) in [5, 5.41) is 9.37. The Bertz CT molecular complexity index is 1380. The lowest BCUT2D eigenvalue weighted by atomic mass is 10.2. The van der Waals surface area contributed by atoms with E-state index in [0.29, 0.717) is 29.4 Å². The molecule has 2 aromatic carbocycles. The largest absolute Gasteiger partial charge is 0.340 e. The molecule has 0 aliphatic rings. The van der Waals surface area contributed by atoms with E-state index in [0.717, 1.165) is 30.3 Å². The van der Waals surface area contributed by atoms with E-state index >= 15 is 0 Å². The normalized spacial score (nSPS) is 12.4. The van der Waals surface area contributed by atoms with Crippen molar-refractivity contribution in [2.24, 2.45) is 0 Å². The molecule has 0 radical (unpaired) electrons. The summed E-state index contributed by atoms with van der Waals surface area (Å²) in [5.74, 6) is 0.0502. The molecule has 0 bridgehead atoms. The second-order valence-corrected chi connectivity index (χ2v) is 9.69. The standard InChI is InChI=1S/C25H28FN5O2S/c1-4-5-8-14-30-23(33)20-12-6-7-13-21(20)31-24(30)27-28-25(31)34-17(2)22(32)29(3)16-18-10-9-11-19(26)15-18/h6-7,9-13,15,17H,4-5,8,14,16H2,1-3H3. The molecule has 0 spiro atoms. The predicted octanol–water partition coefficient (Wildman–Crippen LogP) is 4.51. The van der Waals surface area contributed by atoms with Crippen LogP contribution in [0.4, 0.5) is 4.39 Å². The Labute approximate surface area is 201 Å². The van der Waals surface area contributed by atoms with Crippen LogP contribution in [0.5, 0.6) is 0 Å². The SMILES string of the molecule is CCCCCn1c(=O)c2ccccc2n2c(SC(C)C(=O)N(C)Cc3cccc(F)c3)nnc12. The topological polar surface area (TPSA) is 72.5 Å². The fourth-order valence-corrected chi connectivity index (χ4v) is 5.01. The maximum absolute atomic E-state index is 13.5. The summed E-state index contributed by atoms with van der Waals surface area (Å²) in [6.45, 7) is 4.81. The van der Waals surface area contributed by atoms with Gasteiger partial charge in [-0.25, -0.2) is 4.39 Å². The number of para-hydroxylation sites is 1. The van der Waals surface area contributed by atoms with Crippen LogP contribution in [-0.4, -0.2) is 42.3 Å². The Balaban J connectivity index is 1.64. The van der Waals surface area contributed by atoms with E-state index in [4.69, 9.17) is 0 Å². The molecule has 178 valence electrons. The fourth-order valence-electron chi connectivity index (χ4n) is 4.04. The molecule has 0 fully saturated rings. The lowest BCUT2D eigenvalue weighted by Crippen LogP contribution is -2.33. The predicted molar refractivity (Wildman–Crippen MR) is 132 cm³/mol. The minimum atomic E-state index is -0.454. The monoisotopic (exact) mass is 481 g/mol. The van der Waals surface area contributed by atoms with Gasteiger partial charge >= 0.3 is 0 Å². The number of fused-ring (bicyclic) bond motifs is 3. The quantitative estimate of drug-likeness (QED) is 0.260. The van der Waals surface area contributed by atoms with Gasteiger partial charge in [-0.1, -0.05) is 55.8 Å². The summed E-state index contributed by atoms with van der Waals surface area (Å²) >= 11 is 1.30. The highest BCUT2D eigenvalue weighted by Gasteiger charge is 2.23. The van der Waals surface area contributed by atoms with Crippen LogP contribution in [0.1, 0.15) is 38.7 Å². The maximum Gasteiger partial charge on any atom is 0.262 e. The van der Waals surface area contributed by atoms with Crippen LogP contribution >= 0.6 is 11.8 Å². The molecule has 4 aromatic rings. The molecule has 2 aromatic heterocycles. The Kier molecular flexibility index (Phi) is 7.31. The van der Waals surface area contributed by atoms with Crippen molar-refractivity contribution in [3.05, 3.63) is 70.3 Å². The van der Waals surface area contributed by atoms with Gasteiger partial charge in [-0.05, 0) is 43.2 Å². The van der Waals surface area contributed by atoms with Crippen molar-refractivity contribution >= 4 is 34.3 Å². The van der Waals surface area contributed by atoms with Crippen molar-refractivity contribution in [1.29, 1.82) is 0 Å². The van der Waals surface area contributed by atoms with Gasteiger partial charge in [0.1, 0.15) is 5.82 Å². The third-order valence-corrected chi connectivity index (χ3v) is 6.81. The van der Waals surface area contributed by atoms with Gasteiger partial charge in [0.25, 0.3) is 5.56 Å². The van der Waals surface area contributed by atoms with E-state index in [2.05, 4.69) is 17.1 Å². The second-order valence-electron chi connectivity index (χ2n) is 8.38. The second kappa shape index (κ2) is 10.4. The Morgan fingerprint density at radius 2 is 1.94 bits per heavy atom. The molecule has 9 heteroatoms. The molecule has 0 saturated heterocycles. The molecular weight excluding hydrogens is 453 g/mol. The number of hydrogen-bond acceptors (Lipinski definition) is 5. The average molecular weight is 482 g/mol. The number of amides is 1. The smallest absolute Gasteiger partial charge is 0.262 e. The van der Waals surface area contributed by atoms with Gasteiger partial charge in [-0.3, -0.25) is 18.6 Å². The van der Waals surface area contributed by atoms with Crippen LogP contribution in [0.25, 0.3) is 16.7 Å². The van der Waals surface area contributed by atoms with Gasteiger partial charge in [0.15, 0.2) is 5.16 Å². The molecule has 0 aliphatic heterocycles. The van der Waals surface area contributed by atoms with Crippen LogP contribution in [0.15, 0.2) is 58.5 Å². The molecule has 0 aliphatic carbocycles. The van der Waals surface area contributed by atoms with Crippen LogP contribution in [0.2, 0.25) is 0 Å². The van der Waals surface area contributed by atoms with Gasteiger partial charge in [0.2, 0.25) is 11.7 Å². The minimum absolute atomic E-state index is 0.0814. The van der Waals surface area contributed by atoms with Crippen LogP contribution in [0, 0.1) is 5.82 Å². The van der Waals surface area contributed by atoms with Gasteiger partial charge < -0.3 is 4.90 Å². The Morgan fingerprint density at radius 3 is 2.71 bits per heavy atom. The first-order valence-corrected chi connectivity index (χ1v) is 12.3. The van der Waals surface area contributed by atoms with Gasteiger partial charge in [-0.15, -0.1) is 10.2 Å². The van der Waals surface area contributed by atoms with E-state index in [1.807, 2.05) is 35.6 Å². The highest BCUT2D eigenvalue weighted by atomic mass is 32.2. The number of nitrogens with zero attached hydrogens (tertiary/aromatic N) is 5. The van der Waals surface area contributed by atoms with Crippen LogP contribution < -0.4 is 5.56 Å². The summed E-state index contributed by atoms with van der Waals surface area (Å²) in [7, 11) is 1.70. The number of thioether (sulfide) groups is 1. The zero-order chi connectivity index (χ0) is 24.2. The number of hydrogen-bond donors (Lipinski definition) is 0. The van der Waals surface area contributed by atoms with E-state index in [-0.39, 0.29) is 17.3 Å². The number of unbranched alkanes of at least 4 members (excludes halogenated alkanes) is 2. The summed E-state index contributed by atoms with van der Waals surface area (Å²) in [5.41, 5.74) is 1.36. The third-order valence-electron chi connectivity index (χ3n) is 5.78. The number of aromatic nitrogens is 4. The van der Waals surface area contributed by atoms with Crippen molar-refractivity contribution < 1.29 is 9.18 Å². The maximum atomic E-state index is 13.5. The van der Waals surface area contributed by atoms with Crippen molar-refractivity contribution in [1.82, 2.24) is 24.1 Å². The van der Waals surface area contributed by atoms with Gasteiger partial charge in [-0.2, -0.15) is 0 Å². The summed E-state index contributed by atoms with van der Waals surface area (Å²) in [6, 6.07) is 13.6. The van der Waals surface area contributed by atoms with Crippen molar-refractivity contribution in [3.63, 3.8) is 0 Å². The summed E-state index contributed by atoms with van der Waals surface area (Å²) in [4.78, 5) is 27.8. The number of benzene rings is 2. The molecule has 7 nitrogen and oxygen atoms in total. The molecule has 1 atom stereocenters. The van der Waals surface area contributed by atoms with Crippen molar-refractivity contribution in [2.45, 2.75) is 56.6 Å². The molecule has 2 heterocycles. The Hall–Kier alpha value is -3.20. The number of carbonyl (C=O) groups excluding carboxylic acids is 1. The molecule has 0 saturated carbocycles. The van der Waals surface area contributed by atoms with E-state index in [1.54, 1.807) is 28.6 Å². The van der Waals surface area contributed by atoms with Gasteiger partial charge in [0, 0.05) is 20.1 Å². The first-order valence-electron chi connectivity index (χ1n) is 11.4. The van der Waals surface area contributed by atoms with Crippen LogP contribution in [0.3, 0.4) is 0 Å². The lowest BCUT2D eigenvalue weighted by Gasteiger charge is -2.21. The first kappa shape index (κ1) is 23.9. The van der Waals surface area contributed by atoms with Crippen molar-refractivity contribution in [3.8, 4) is 0 Å². The van der Waals surface area contributed by atoms with E-state index in [9.17, 15) is 14.0 Å². The highest BCUT2D eigenvalue weighted by molar-refractivity contribution is 8.00. The molecule has 1 unspecified atom stereocenters. The van der Waals surface area contributed by atoms with Crippen molar-refractivity contribution in [2.75, 3.05) is 7.05 Å². The number of rotatable bonds is 9. The van der Waals surface area contributed by atoms with Crippen LogP contribution in [-0.2, 0) is 17.9 Å². The minimum Gasteiger partial charge on any atom is -0.340 e. The lowest BCUT2D eigenvalue weighted by molar-refractivity contribution is -0.129. The molecule has 34 heavy (non-hydrogen) atoms. The molecule has 4 rings (SSSR count). The third kappa shape index (κ3) is 4.84. The van der Waals surface area contributed by atoms with E-state index < -0.39 is 5.25 Å². The fraction of sp³-hybridized carbons (Fsp3) is 0.360. The molecule has 1 amide bonds. The first-order chi connectivity index (χ1) is 16.4. The molecular formula is C25H28FN5O2S. The number of carbonyl (C=O) groups is 1. The number of halogens is 1. The zero-order valence-corrected chi connectivity index (χ0v) is 20.4. The van der Waals surface area contributed by atoms with Gasteiger partial charge in [0.05, 0.1) is 16.2 Å². The summed E-state index contributed by atoms with van der Waals surface area (Å²) in [6.07, 6.45) is 2.94. The summed E-state index contributed by atoms with van der Waals surface area (Å²) < 4.78 is 17.1. The zero-order valence-electron chi connectivity index (χ0n) is 19.6.